The lowest BCUT2D eigenvalue weighted by molar-refractivity contribution is -0.123. The molecule has 2 N–H and O–H groups in total. The van der Waals surface area contributed by atoms with Gasteiger partial charge in [-0.05, 0) is 37.0 Å². The van der Waals surface area contributed by atoms with E-state index in [9.17, 15) is 13.2 Å². The fraction of sp³-hybridized carbons (Fsp3) is 0.421. The molecule has 2 aromatic rings. The van der Waals surface area contributed by atoms with Crippen LogP contribution in [0, 0.1) is 11.3 Å². The molecule has 1 saturated heterocycles. The summed E-state index contributed by atoms with van der Waals surface area (Å²) >= 11 is 6.32. The van der Waals surface area contributed by atoms with E-state index in [4.69, 9.17) is 16.9 Å². The molecule has 152 valence electrons. The standard InChI is InChI=1S/C19H20ClN5O3S/c1-25-10-13(8-23-25)12-2-3-17(15(20)6-12)29(27,28)14-7-16(22-9-14)18(26)24-19(11-21)4-5-19/h2-3,6,8,10,14,16,22H,4-5,7,9H2,1H3,(H,24,26)/t14-,16+/m1/s1. The van der Waals surface area contributed by atoms with Crippen LogP contribution in [0.1, 0.15) is 19.3 Å². The van der Waals surface area contributed by atoms with Gasteiger partial charge in [0.15, 0.2) is 9.84 Å². The predicted octanol–water partition coefficient (Wildman–Crippen LogP) is 1.42. The molecule has 2 heterocycles. The number of nitriles is 1. The molecule has 0 spiro atoms. The van der Waals surface area contributed by atoms with Gasteiger partial charge in [-0.3, -0.25) is 9.48 Å². The predicted molar refractivity (Wildman–Crippen MR) is 107 cm³/mol. The van der Waals surface area contributed by atoms with Gasteiger partial charge < -0.3 is 10.6 Å². The number of nitrogens with one attached hydrogen (secondary N) is 2. The maximum absolute atomic E-state index is 13.1. The van der Waals surface area contributed by atoms with Crippen LogP contribution in [-0.4, -0.2) is 47.5 Å². The van der Waals surface area contributed by atoms with Crippen LogP contribution in [0.4, 0.5) is 0 Å². The maximum Gasteiger partial charge on any atom is 0.238 e. The molecule has 1 aliphatic carbocycles. The molecule has 29 heavy (non-hydrogen) atoms. The quantitative estimate of drug-likeness (QED) is 0.736. The molecule has 2 fully saturated rings. The molecular formula is C19H20ClN5O3S. The fourth-order valence-corrected chi connectivity index (χ4v) is 5.73. The number of halogens is 1. The lowest BCUT2D eigenvalue weighted by Gasteiger charge is -2.15. The summed E-state index contributed by atoms with van der Waals surface area (Å²) in [6.07, 6.45) is 4.89. The zero-order valence-electron chi connectivity index (χ0n) is 15.7. The number of aromatic nitrogens is 2. The van der Waals surface area contributed by atoms with Crippen molar-refractivity contribution in [3.63, 3.8) is 0 Å². The highest BCUT2D eigenvalue weighted by atomic mass is 35.5. The molecular weight excluding hydrogens is 414 g/mol. The first-order chi connectivity index (χ1) is 13.7. The number of carbonyl (C=O) groups excluding carboxylic acids is 1. The maximum atomic E-state index is 13.1. The molecule has 1 saturated carbocycles. The van der Waals surface area contributed by atoms with E-state index in [-0.39, 0.29) is 28.8 Å². The van der Waals surface area contributed by atoms with Crippen molar-refractivity contribution in [3.05, 3.63) is 35.6 Å². The first-order valence-corrected chi connectivity index (χ1v) is 11.2. The highest BCUT2D eigenvalue weighted by Gasteiger charge is 2.47. The van der Waals surface area contributed by atoms with E-state index < -0.39 is 26.7 Å². The summed E-state index contributed by atoms with van der Waals surface area (Å²) in [5.74, 6) is -0.334. The number of nitrogens with zero attached hydrogens (tertiary/aromatic N) is 3. The van der Waals surface area contributed by atoms with Crippen molar-refractivity contribution in [3.8, 4) is 17.2 Å². The summed E-state index contributed by atoms with van der Waals surface area (Å²) in [5, 5.41) is 18.3. The average Bonchev–Trinajstić information content (AvgIpc) is 3.08. The van der Waals surface area contributed by atoms with Crippen LogP contribution in [0.15, 0.2) is 35.5 Å². The molecule has 0 unspecified atom stereocenters. The van der Waals surface area contributed by atoms with Gasteiger partial charge in [0, 0.05) is 25.4 Å². The van der Waals surface area contributed by atoms with Crippen LogP contribution in [0.25, 0.3) is 11.1 Å². The molecule has 4 rings (SSSR count). The van der Waals surface area contributed by atoms with Crippen molar-refractivity contribution in [2.24, 2.45) is 7.05 Å². The Hall–Kier alpha value is -2.41. The van der Waals surface area contributed by atoms with Gasteiger partial charge in [0.2, 0.25) is 5.91 Å². The van der Waals surface area contributed by atoms with Gasteiger partial charge in [0.25, 0.3) is 0 Å². The Bertz CT molecular complexity index is 1120. The first kappa shape index (κ1) is 19.9. The van der Waals surface area contributed by atoms with Gasteiger partial charge in [-0.25, -0.2) is 8.42 Å². The molecule has 1 amide bonds. The summed E-state index contributed by atoms with van der Waals surface area (Å²) < 4.78 is 27.9. The number of benzene rings is 1. The van der Waals surface area contributed by atoms with E-state index in [1.807, 2.05) is 6.20 Å². The number of hydrogen-bond donors (Lipinski definition) is 2. The second-order valence-corrected chi connectivity index (χ2v) is 10.2. The van der Waals surface area contributed by atoms with Crippen molar-refractivity contribution in [1.82, 2.24) is 20.4 Å². The van der Waals surface area contributed by atoms with Crippen molar-refractivity contribution < 1.29 is 13.2 Å². The second-order valence-electron chi connectivity index (χ2n) is 7.59. The van der Waals surface area contributed by atoms with E-state index in [0.717, 1.165) is 11.1 Å². The van der Waals surface area contributed by atoms with Crippen LogP contribution in [0.5, 0.6) is 0 Å². The van der Waals surface area contributed by atoms with E-state index in [1.165, 1.54) is 6.07 Å². The Labute approximate surface area is 173 Å². The van der Waals surface area contributed by atoms with Crippen LogP contribution < -0.4 is 10.6 Å². The SMILES string of the molecule is Cn1cc(-c2ccc(S(=O)(=O)[C@H]3CN[C@H](C(=O)NC4(C#N)CC4)C3)c(Cl)c2)cn1. The van der Waals surface area contributed by atoms with Gasteiger partial charge in [0.05, 0.1) is 33.5 Å². The zero-order valence-corrected chi connectivity index (χ0v) is 17.3. The summed E-state index contributed by atoms with van der Waals surface area (Å²) in [6, 6.07) is 6.27. The smallest absolute Gasteiger partial charge is 0.238 e. The van der Waals surface area contributed by atoms with Gasteiger partial charge in [-0.15, -0.1) is 0 Å². The number of hydrogen-bond acceptors (Lipinski definition) is 6. The second kappa shape index (κ2) is 7.13. The number of carbonyl (C=O) groups is 1. The molecule has 2 atom stereocenters. The van der Waals surface area contributed by atoms with Crippen molar-refractivity contribution in [1.29, 1.82) is 5.26 Å². The molecule has 2 aliphatic rings. The van der Waals surface area contributed by atoms with Crippen LogP contribution >= 0.6 is 11.6 Å². The Morgan fingerprint density at radius 3 is 2.76 bits per heavy atom. The third-order valence-electron chi connectivity index (χ3n) is 5.45. The summed E-state index contributed by atoms with van der Waals surface area (Å²) in [4.78, 5) is 12.4. The monoisotopic (exact) mass is 433 g/mol. The fourth-order valence-electron chi connectivity index (χ4n) is 3.51. The minimum atomic E-state index is -3.72. The third kappa shape index (κ3) is 3.75. The molecule has 0 radical (unpaired) electrons. The van der Waals surface area contributed by atoms with Crippen molar-refractivity contribution in [2.45, 2.75) is 41.0 Å². The van der Waals surface area contributed by atoms with E-state index in [1.54, 1.807) is 30.1 Å². The number of aryl methyl sites for hydroxylation is 1. The lowest BCUT2D eigenvalue weighted by Crippen LogP contribution is -2.45. The van der Waals surface area contributed by atoms with Crippen LogP contribution in [0.3, 0.4) is 0 Å². The molecule has 1 aliphatic heterocycles. The highest BCUT2D eigenvalue weighted by molar-refractivity contribution is 7.92. The topological polar surface area (TPSA) is 117 Å². The Balaban J connectivity index is 1.50. The van der Waals surface area contributed by atoms with E-state index in [0.29, 0.717) is 12.8 Å². The Morgan fingerprint density at radius 1 is 1.41 bits per heavy atom. The minimum Gasteiger partial charge on any atom is -0.336 e. The average molecular weight is 434 g/mol. The number of amides is 1. The van der Waals surface area contributed by atoms with Crippen LogP contribution in [0.2, 0.25) is 5.02 Å². The highest BCUT2D eigenvalue weighted by Crippen LogP contribution is 2.35. The first-order valence-electron chi connectivity index (χ1n) is 9.23. The summed E-state index contributed by atoms with van der Waals surface area (Å²) in [6.45, 7) is 0.153. The number of rotatable bonds is 5. The van der Waals surface area contributed by atoms with Gasteiger partial charge in [-0.2, -0.15) is 10.4 Å². The number of sulfone groups is 1. The molecule has 0 bridgehead atoms. The van der Waals surface area contributed by atoms with E-state index in [2.05, 4.69) is 21.8 Å². The third-order valence-corrected chi connectivity index (χ3v) is 8.08. The zero-order chi connectivity index (χ0) is 20.8. The minimum absolute atomic E-state index is 0.0513. The van der Waals surface area contributed by atoms with Gasteiger partial charge in [0.1, 0.15) is 5.54 Å². The van der Waals surface area contributed by atoms with Gasteiger partial charge >= 0.3 is 0 Å². The van der Waals surface area contributed by atoms with Crippen molar-refractivity contribution in [2.75, 3.05) is 6.54 Å². The Kier molecular flexibility index (Phi) is 4.89. The molecule has 8 nitrogen and oxygen atoms in total. The Morgan fingerprint density at radius 2 is 2.17 bits per heavy atom. The van der Waals surface area contributed by atoms with E-state index >= 15 is 0 Å². The molecule has 1 aromatic heterocycles. The van der Waals surface area contributed by atoms with Crippen LogP contribution in [-0.2, 0) is 21.7 Å². The lowest BCUT2D eigenvalue weighted by atomic mass is 10.1. The van der Waals surface area contributed by atoms with Gasteiger partial charge in [-0.1, -0.05) is 17.7 Å². The van der Waals surface area contributed by atoms with Crippen molar-refractivity contribution >= 4 is 27.3 Å². The normalized spacial score (nSPS) is 22.8. The summed E-state index contributed by atoms with van der Waals surface area (Å²) in [5.41, 5.74) is 0.834. The summed E-state index contributed by atoms with van der Waals surface area (Å²) in [7, 11) is -1.93. The molecule has 10 heteroatoms. The largest absolute Gasteiger partial charge is 0.336 e. The molecule has 1 aromatic carbocycles.